The van der Waals surface area contributed by atoms with Crippen LogP contribution in [0.5, 0.6) is 0 Å². The molecule has 0 aromatic rings. The van der Waals surface area contributed by atoms with E-state index in [9.17, 15) is 16.8 Å². The predicted octanol–water partition coefficient (Wildman–Crippen LogP) is -1.24. The maximum Gasteiger partial charge on any atom is 0.145 e. The molecule has 4 nitrogen and oxygen atoms in total. The molecule has 0 aliphatic carbocycles. The summed E-state index contributed by atoms with van der Waals surface area (Å²) in [4.78, 5) is 0. The smallest absolute Gasteiger partial charge is 0.145 e. The van der Waals surface area contributed by atoms with Gasteiger partial charge in [-0.05, 0) is 6.92 Å². The van der Waals surface area contributed by atoms with E-state index >= 15 is 0 Å². The van der Waals surface area contributed by atoms with E-state index < -0.39 is 26.7 Å². The van der Waals surface area contributed by atoms with Crippen LogP contribution < -0.4 is 0 Å². The highest BCUT2D eigenvalue weighted by molar-refractivity contribution is 7.78. The van der Waals surface area contributed by atoms with Crippen molar-refractivity contribution in [3.63, 3.8) is 0 Å². The Balaban J connectivity index is 3.93. The highest BCUT2D eigenvalue weighted by atomic mass is 32.2. The largest absolute Gasteiger partial charge is 0.232 e. The topological polar surface area (TPSA) is 68.3 Å². The first-order chi connectivity index (χ1) is 4.04. The molecule has 0 amide bonds. The average Bonchev–Trinajstić information content (AvgIpc) is 1.63. The SMILES string of the molecule is CC([CH][SH](=O)=O)[SH](=O)=O. The Morgan fingerprint density at radius 3 is 1.78 bits per heavy atom. The van der Waals surface area contributed by atoms with Crippen LogP contribution in [0.25, 0.3) is 0 Å². The van der Waals surface area contributed by atoms with Gasteiger partial charge >= 0.3 is 0 Å². The Labute approximate surface area is 56.8 Å². The summed E-state index contributed by atoms with van der Waals surface area (Å²) in [7, 11) is -5.31. The van der Waals surface area contributed by atoms with Crippen molar-refractivity contribution in [2.45, 2.75) is 12.2 Å². The Kier molecular flexibility index (Phi) is 3.79. The molecular formula is C3H7O4S2. The van der Waals surface area contributed by atoms with Crippen molar-refractivity contribution in [1.82, 2.24) is 0 Å². The van der Waals surface area contributed by atoms with Gasteiger partial charge in [0.15, 0.2) is 0 Å². The third-order valence-electron chi connectivity index (χ3n) is 0.670. The highest BCUT2D eigenvalue weighted by Gasteiger charge is 2.04. The van der Waals surface area contributed by atoms with E-state index in [4.69, 9.17) is 0 Å². The zero-order chi connectivity index (χ0) is 7.44. The van der Waals surface area contributed by atoms with Crippen molar-refractivity contribution in [2.24, 2.45) is 0 Å². The molecule has 0 heterocycles. The normalized spacial score (nSPS) is 14.6. The van der Waals surface area contributed by atoms with E-state index in [1.807, 2.05) is 0 Å². The van der Waals surface area contributed by atoms with Crippen LogP contribution in [-0.2, 0) is 21.4 Å². The van der Waals surface area contributed by atoms with Gasteiger partial charge in [-0.3, -0.25) is 0 Å². The molecule has 0 saturated heterocycles. The third-order valence-corrected chi connectivity index (χ3v) is 2.41. The summed E-state index contributed by atoms with van der Waals surface area (Å²) in [6.07, 6.45) is 0. The van der Waals surface area contributed by atoms with Gasteiger partial charge in [-0.2, -0.15) is 0 Å². The lowest BCUT2D eigenvalue weighted by atomic mass is 10.6. The van der Waals surface area contributed by atoms with Crippen LogP contribution in [0.4, 0.5) is 0 Å². The summed E-state index contributed by atoms with van der Waals surface area (Å²) in [6, 6.07) is 0. The van der Waals surface area contributed by atoms with Gasteiger partial charge in [-0.1, -0.05) is 0 Å². The summed E-state index contributed by atoms with van der Waals surface area (Å²) >= 11 is 0. The minimum Gasteiger partial charge on any atom is -0.232 e. The second-order valence-electron chi connectivity index (χ2n) is 1.46. The number of rotatable bonds is 3. The Morgan fingerprint density at radius 2 is 1.67 bits per heavy atom. The zero-order valence-electron chi connectivity index (χ0n) is 4.68. The minimum atomic E-state index is -2.68. The average molecular weight is 171 g/mol. The number of hydrogen-bond acceptors (Lipinski definition) is 4. The van der Waals surface area contributed by atoms with Crippen molar-refractivity contribution < 1.29 is 16.8 Å². The molecule has 1 atom stereocenters. The van der Waals surface area contributed by atoms with E-state index in [0.29, 0.717) is 0 Å². The van der Waals surface area contributed by atoms with Gasteiger partial charge in [0, 0.05) is 0 Å². The predicted molar refractivity (Wildman–Crippen MR) is 34.4 cm³/mol. The minimum absolute atomic E-state index is 0.765. The van der Waals surface area contributed by atoms with Crippen LogP contribution in [0.2, 0.25) is 0 Å². The van der Waals surface area contributed by atoms with Crippen LogP contribution in [0, 0.1) is 5.75 Å². The molecule has 0 aliphatic heterocycles. The van der Waals surface area contributed by atoms with Crippen molar-refractivity contribution in [3.05, 3.63) is 5.75 Å². The van der Waals surface area contributed by atoms with Crippen LogP contribution in [0.3, 0.4) is 0 Å². The van der Waals surface area contributed by atoms with E-state index in [-0.39, 0.29) is 0 Å². The first kappa shape index (κ1) is 8.90. The van der Waals surface area contributed by atoms with E-state index in [2.05, 4.69) is 0 Å². The monoisotopic (exact) mass is 171 g/mol. The van der Waals surface area contributed by atoms with Gasteiger partial charge in [0.05, 0.1) is 11.0 Å². The van der Waals surface area contributed by atoms with E-state index in [1.54, 1.807) is 0 Å². The van der Waals surface area contributed by atoms with E-state index in [0.717, 1.165) is 5.75 Å². The van der Waals surface area contributed by atoms with Crippen molar-refractivity contribution in [2.75, 3.05) is 0 Å². The fourth-order valence-electron chi connectivity index (χ4n) is 0.231. The molecule has 0 saturated carbocycles. The summed E-state index contributed by atoms with van der Waals surface area (Å²) in [5.41, 5.74) is 0. The molecule has 6 heteroatoms. The van der Waals surface area contributed by atoms with Gasteiger partial charge in [0.2, 0.25) is 0 Å². The molecule has 1 radical (unpaired) electrons. The van der Waals surface area contributed by atoms with Crippen LogP contribution in [0.15, 0.2) is 0 Å². The zero-order valence-corrected chi connectivity index (χ0v) is 6.47. The Morgan fingerprint density at radius 1 is 1.22 bits per heavy atom. The molecule has 0 spiro atoms. The highest BCUT2D eigenvalue weighted by Crippen LogP contribution is 1.92. The first-order valence-electron chi connectivity index (χ1n) is 2.16. The fraction of sp³-hybridized carbons (Fsp3) is 0.667. The summed E-state index contributed by atoms with van der Waals surface area (Å²) in [6.45, 7) is 1.30. The van der Waals surface area contributed by atoms with Gasteiger partial charge in [0.1, 0.15) is 21.4 Å². The molecule has 0 aromatic carbocycles. The molecule has 0 bridgehead atoms. The van der Waals surface area contributed by atoms with Crippen LogP contribution in [-0.4, -0.2) is 22.1 Å². The van der Waals surface area contributed by atoms with Gasteiger partial charge < -0.3 is 0 Å². The van der Waals surface area contributed by atoms with Crippen LogP contribution >= 0.6 is 0 Å². The summed E-state index contributed by atoms with van der Waals surface area (Å²) < 4.78 is 39.6. The number of thiol groups is 2. The second-order valence-corrected chi connectivity index (χ2v) is 3.71. The van der Waals surface area contributed by atoms with Gasteiger partial charge in [-0.25, -0.2) is 16.8 Å². The van der Waals surface area contributed by atoms with E-state index in [1.165, 1.54) is 6.92 Å². The van der Waals surface area contributed by atoms with Crippen LogP contribution in [0.1, 0.15) is 6.92 Å². The molecule has 0 N–H and O–H groups in total. The van der Waals surface area contributed by atoms with Gasteiger partial charge in [0.25, 0.3) is 0 Å². The molecular weight excluding hydrogens is 164 g/mol. The second kappa shape index (κ2) is 3.84. The third kappa shape index (κ3) is 4.41. The maximum atomic E-state index is 9.97. The molecule has 55 valence electrons. The van der Waals surface area contributed by atoms with Gasteiger partial charge in [-0.15, -0.1) is 0 Å². The lowest BCUT2D eigenvalue weighted by Crippen LogP contribution is -2.04. The summed E-state index contributed by atoms with van der Waals surface area (Å²) in [5.74, 6) is 0.765. The van der Waals surface area contributed by atoms with Crippen molar-refractivity contribution in [1.29, 1.82) is 0 Å². The first-order valence-corrected chi connectivity index (χ1v) is 4.65. The Hall–Kier alpha value is -0.100. The lowest BCUT2D eigenvalue weighted by Gasteiger charge is -1.91. The molecule has 9 heavy (non-hydrogen) atoms. The van der Waals surface area contributed by atoms with Crippen molar-refractivity contribution >= 4 is 21.4 Å². The summed E-state index contributed by atoms with van der Waals surface area (Å²) in [5, 5.41) is -0.874. The molecule has 0 aromatic heterocycles. The molecule has 0 fully saturated rings. The molecule has 1 unspecified atom stereocenters. The molecule has 0 rings (SSSR count). The maximum absolute atomic E-state index is 9.97. The lowest BCUT2D eigenvalue weighted by molar-refractivity contribution is 0.603. The van der Waals surface area contributed by atoms with Crippen molar-refractivity contribution in [3.8, 4) is 0 Å². The fourth-order valence-corrected chi connectivity index (χ4v) is 1.34. The Bertz CT molecular complexity index is 198. The quantitative estimate of drug-likeness (QED) is 0.521. The number of hydrogen-bond donors (Lipinski definition) is 2. The standard InChI is InChI=1S/C3H7O4S2/c1-3(9(6)7)2-8(4)5/h2-3,8-9H,1H3. The molecule has 0 aliphatic rings.